The number of nitrogens with zero attached hydrogens (tertiary/aromatic N) is 2. The van der Waals surface area contributed by atoms with Gasteiger partial charge in [-0.25, -0.2) is 4.79 Å². The van der Waals surface area contributed by atoms with Crippen molar-refractivity contribution in [2.45, 2.75) is 0 Å². The van der Waals surface area contributed by atoms with Crippen LogP contribution in [0.3, 0.4) is 0 Å². The molecule has 1 aromatic carbocycles. The second kappa shape index (κ2) is 7.54. The van der Waals surface area contributed by atoms with Crippen molar-refractivity contribution in [3.8, 4) is 6.07 Å². The molecular formula is C15H10ClN3O3S. The summed E-state index contributed by atoms with van der Waals surface area (Å²) in [5, 5.41) is 15.0. The number of nitrogens with one attached hydrogen (secondary N) is 1. The maximum Gasteiger partial charge on any atom is 0.350 e. The van der Waals surface area contributed by atoms with Gasteiger partial charge in [0.1, 0.15) is 10.9 Å². The van der Waals surface area contributed by atoms with E-state index in [1.807, 2.05) is 0 Å². The minimum Gasteiger partial charge on any atom is -0.465 e. The van der Waals surface area contributed by atoms with Crippen molar-refractivity contribution < 1.29 is 14.3 Å². The fourth-order valence-electron chi connectivity index (χ4n) is 1.63. The van der Waals surface area contributed by atoms with Crippen LogP contribution >= 0.6 is 22.9 Å². The summed E-state index contributed by atoms with van der Waals surface area (Å²) in [5.74, 6) is -1.08. The van der Waals surface area contributed by atoms with Crippen LogP contribution in [0.25, 0.3) is 0 Å². The molecule has 0 aliphatic rings. The van der Waals surface area contributed by atoms with Gasteiger partial charge in [0.25, 0.3) is 0 Å². The third-order valence-corrected chi connectivity index (χ3v) is 3.90. The summed E-state index contributed by atoms with van der Waals surface area (Å²) >= 11 is 6.92. The van der Waals surface area contributed by atoms with Gasteiger partial charge in [-0.05, 0) is 35.7 Å². The molecule has 1 heterocycles. The Morgan fingerprint density at radius 3 is 2.61 bits per heavy atom. The van der Waals surface area contributed by atoms with E-state index < -0.39 is 11.8 Å². The lowest BCUT2D eigenvalue weighted by atomic mass is 10.1. The van der Waals surface area contributed by atoms with E-state index in [1.165, 1.54) is 19.2 Å². The fraction of sp³-hybridized carbons (Fsp3) is 0.0667. The Labute approximate surface area is 141 Å². The maximum atomic E-state index is 12.2. The van der Waals surface area contributed by atoms with Gasteiger partial charge in [-0.1, -0.05) is 11.6 Å². The Balaban J connectivity index is 2.21. The largest absolute Gasteiger partial charge is 0.465 e. The fourth-order valence-corrected chi connectivity index (χ4v) is 2.52. The molecule has 0 bridgehead atoms. The number of benzene rings is 1. The molecule has 0 fully saturated rings. The molecule has 0 radical (unpaired) electrons. The maximum absolute atomic E-state index is 12.2. The van der Waals surface area contributed by atoms with Crippen LogP contribution in [-0.2, 0) is 4.74 Å². The number of carbonyl (C=O) groups excluding carboxylic acids is 2. The first-order valence-electron chi connectivity index (χ1n) is 6.26. The molecule has 0 aliphatic heterocycles. The van der Waals surface area contributed by atoms with Crippen molar-refractivity contribution >= 4 is 46.1 Å². The number of ketones is 1. The van der Waals surface area contributed by atoms with Crippen LogP contribution in [0, 0.1) is 11.3 Å². The summed E-state index contributed by atoms with van der Waals surface area (Å²) in [6.45, 7) is 0. The van der Waals surface area contributed by atoms with Gasteiger partial charge in [-0.2, -0.15) is 10.4 Å². The number of methoxy groups -OCH3 is 1. The Kier molecular flexibility index (Phi) is 5.46. The monoisotopic (exact) mass is 347 g/mol. The van der Waals surface area contributed by atoms with Gasteiger partial charge >= 0.3 is 5.97 Å². The van der Waals surface area contributed by atoms with E-state index in [0.717, 1.165) is 11.3 Å². The standard InChI is InChI=1S/C15H10ClN3O3S/c1-22-15(21)14-11(6-7-23-14)18-19-12(8-17)13(20)9-2-4-10(16)5-3-9/h2-7,18H,1H3/b19-12-. The molecule has 0 aliphatic carbocycles. The highest BCUT2D eigenvalue weighted by molar-refractivity contribution is 7.12. The van der Waals surface area contributed by atoms with Crippen LogP contribution in [0.4, 0.5) is 5.69 Å². The highest BCUT2D eigenvalue weighted by Gasteiger charge is 2.16. The summed E-state index contributed by atoms with van der Waals surface area (Å²) in [4.78, 5) is 24.0. The minimum atomic E-state index is -0.550. The number of nitriles is 1. The minimum absolute atomic E-state index is 0.287. The Morgan fingerprint density at radius 1 is 1.30 bits per heavy atom. The number of halogens is 1. The lowest BCUT2D eigenvalue weighted by molar-refractivity contribution is 0.0607. The van der Waals surface area contributed by atoms with E-state index in [0.29, 0.717) is 15.6 Å². The van der Waals surface area contributed by atoms with Gasteiger partial charge in [-0.15, -0.1) is 11.3 Å². The van der Waals surface area contributed by atoms with Gasteiger partial charge in [0, 0.05) is 10.6 Å². The molecule has 116 valence electrons. The summed E-state index contributed by atoms with van der Waals surface area (Å²) in [5.41, 5.74) is 2.86. The predicted molar refractivity (Wildman–Crippen MR) is 88.1 cm³/mol. The molecule has 1 N–H and O–H groups in total. The molecule has 6 nitrogen and oxygen atoms in total. The third kappa shape index (κ3) is 3.94. The Hall–Kier alpha value is -2.69. The molecule has 1 aromatic heterocycles. The van der Waals surface area contributed by atoms with Gasteiger partial charge in [0.05, 0.1) is 12.8 Å². The summed E-state index contributed by atoms with van der Waals surface area (Å²) in [6, 6.07) is 9.43. The molecule has 2 aromatic rings. The van der Waals surface area contributed by atoms with Crippen molar-refractivity contribution in [3.63, 3.8) is 0 Å². The first-order valence-corrected chi connectivity index (χ1v) is 7.52. The molecule has 2 rings (SSSR count). The van der Waals surface area contributed by atoms with Crippen molar-refractivity contribution in [3.05, 3.63) is 51.2 Å². The van der Waals surface area contributed by atoms with E-state index in [2.05, 4.69) is 15.3 Å². The third-order valence-electron chi connectivity index (χ3n) is 2.75. The zero-order valence-electron chi connectivity index (χ0n) is 11.9. The number of Topliss-reactive ketones (excluding diaryl/α,β-unsaturated/α-hetero) is 1. The smallest absolute Gasteiger partial charge is 0.350 e. The van der Waals surface area contributed by atoms with Gasteiger partial charge in [0.15, 0.2) is 0 Å². The average molecular weight is 348 g/mol. The molecule has 8 heteroatoms. The Morgan fingerprint density at radius 2 is 2.00 bits per heavy atom. The van der Waals surface area contributed by atoms with Crippen molar-refractivity contribution in [2.24, 2.45) is 5.10 Å². The first-order chi connectivity index (χ1) is 11.1. The van der Waals surface area contributed by atoms with E-state index in [4.69, 9.17) is 16.9 Å². The van der Waals surface area contributed by atoms with Crippen LogP contribution in [0.15, 0.2) is 40.8 Å². The predicted octanol–water partition coefficient (Wildman–Crippen LogP) is 3.36. The van der Waals surface area contributed by atoms with Gasteiger partial charge in [0.2, 0.25) is 11.5 Å². The van der Waals surface area contributed by atoms with Crippen LogP contribution < -0.4 is 5.43 Å². The molecule has 0 saturated carbocycles. The topological polar surface area (TPSA) is 91.5 Å². The number of anilines is 1. The average Bonchev–Trinajstić information content (AvgIpc) is 3.03. The SMILES string of the molecule is COC(=O)c1sccc1N/N=C(/C#N)C(=O)c1ccc(Cl)cc1. The zero-order chi connectivity index (χ0) is 16.8. The summed E-state index contributed by atoms with van der Waals surface area (Å²) < 4.78 is 4.63. The highest BCUT2D eigenvalue weighted by atomic mass is 35.5. The molecular weight excluding hydrogens is 338 g/mol. The van der Waals surface area contributed by atoms with Crippen LogP contribution in [0.2, 0.25) is 5.02 Å². The summed E-state index contributed by atoms with van der Waals surface area (Å²) in [7, 11) is 1.26. The quantitative estimate of drug-likeness (QED) is 0.387. The normalized spacial score (nSPS) is 10.7. The number of carbonyl (C=O) groups is 2. The van der Waals surface area contributed by atoms with Crippen LogP contribution in [-0.4, -0.2) is 24.6 Å². The number of hydrogen-bond donors (Lipinski definition) is 1. The van der Waals surface area contributed by atoms with Gasteiger partial charge in [-0.3, -0.25) is 10.2 Å². The number of rotatable bonds is 5. The number of ether oxygens (including phenoxy) is 1. The lowest BCUT2D eigenvalue weighted by Crippen LogP contribution is -2.14. The number of thiophene rings is 1. The van der Waals surface area contributed by atoms with Crippen LogP contribution in [0.1, 0.15) is 20.0 Å². The number of hydrazone groups is 1. The first kappa shape index (κ1) is 16.7. The number of hydrogen-bond acceptors (Lipinski definition) is 7. The molecule has 0 unspecified atom stereocenters. The van der Waals surface area contributed by atoms with E-state index >= 15 is 0 Å². The summed E-state index contributed by atoms with van der Waals surface area (Å²) in [6.07, 6.45) is 0. The number of esters is 1. The molecule has 0 saturated heterocycles. The second-order valence-corrected chi connectivity index (χ2v) is 5.53. The Bertz CT molecular complexity index is 806. The zero-order valence-corrected chi connectivity index (χ0v) is 13.4. The lowest BCUT2D eigenvalue weighted by Gasteiger charge is -2.02. The van der Waals surface area contributed by atoms with E-state index in [1.54, 1.807) is 29.6 Å². The molecule has 0 amide bonds. The molecule has 0 spiro atoms. The van der Waals surface area contributed by atoms with Gasteiger partial charge < -0.3 is 4.74 Å². The second-order valence-electron chi connectivity index (χ2n) is 4.18. The molecule has 23 heavy (non-hydrogen) atoms. The highest BCUT2D eigenvalue weighted by Crippen LogP contribution is 2.23. The van der Waals surface area contributed by atoms with Crippen molar-refractivity contribution in [1.29, 1.82) is 5.26 Å². The molecule has 0 atom stereocenters. The van der Waals surface area contributed by atoms with Crippen LogP contribution in [0.5, 0.6) is 0 Å². The van der Waals surface area contributed by atoms with Crippen molar-refractivity contribution in [2.75, 3.05) is 12.5 Å². The van der Waals surface area contributed by atoms with E-state index in [9.17, 15) is 9.59 Å². The van der Waals surface area contributed by atoms with Crippen molar-refractivity contribution in [1.82, 2.24) is 0 Å². The van der Waals surface area contributed by atoms with E-state index in [-0.39, 0.29) is 11.3 Å².